The van der Waals surface area contributed by atoms with Crippen LogP contribution < -0.4 is 9.62 Å². The Bertz CT molecular complexity index is 1870. The molecular weight excluding hydrogens is 699 g/mol. The number of hydrogen-bond donors (Lipinski definition) is 3. The molecule has 2 aromatic carbocycles. The number of benzene rings is 2. The molecule has 2 aliphatic heterocycles. The van der Waals surface area contributed by atoms with Crippen LogP contribution in [0.25, 0.3) is 16.8 Å². The highest BCUT2D eigenvalue weighted by Gasteiger charge is 2.38. The molecule has 0 spiro atoms. The third-order valence-electron chi connectivity index (χ3n) is 10.7. The van der Waals surface area contributed by atoms with Gasteiger partial charge in [0.05, 0.1) is 23.9 Å². The Balaban J connectivity index is 1.19. The fourth-order valence-electron chi connectivity index (χ4n) is 6.70. The van der Waals surface area contributed by atoms with E-state index in [0.717, 1.165) is 37.0 Å². The van der Waals surface area contributed by atoms with Crippen molar-refractivity contribution in [3.8, 4) is 6.07 Å². The monoisotopic (exact) mass is 753 g/mol. The molecule has 0 saturated carbocycles. The summed E-state index contributed by atoms with van der Waals surface area (Å²) >= 11 is 0. The number of sulfonamides is 1. The molecule has 14 nitrogen and oxygen atoms in total. The van der Waals surface area contributed by atoms with Crippen molar-refractivity contribution in [1.82, 2.24) is 24.6 Å². The lowest BCUT2D eigenvalue weighted by Gasteiger charge is -2.36. The number of likely N-dealkylation sites (N-methyl/N-ethyl adjacent to an activating group) is 1. The molecule has 2 aliphatic rings. The van der Waals surface area contributed by atoms with Gasteiger partial charge in [-0.15, -0.1) is 5.10 Å². The van der Waals surface area contributed by atoms with Crippen LogP contribution in [0.2, 0.25) is 0 Å². The second-order valence-electron chi connectivity index (χ2n) is 14.9. The van der Waals surface area contributed by atoms with E-state index in [1.807, 2.05) is 58.0 Å². The SMILES string of the molecule is CCC(C)(CCOC(C)(CC)Cc1cn(C[C@H]2O[C@H](OC)C[C@@H](O)[C@@H]2O)nn1)NS(=O)(=O)/C(C#N)=C/c1ccc2cc(N3CCN(C)CC3)ccc2c1. The number of nitrogens with zero attached hydrogens (tertiary/aromatic N) is 6. The highest BCUT2D eigenvalue weighted by atomic mass is 32.2. The number of hydrogen-bond acceptors (Lipinski definition) is 12. The Morgan fingerprint density at radius 2 is 1.83 bits per heavy atom. The second kappa shape index (κ2) is 17.3. The van der Waals surface area contributed by atoms with Gasteiger partial charge in [-0.1, -0.05) is 37.3 Å². The Labute approximate surface area is 313 Å². The predicted octanol–water partition coefficient (Wildman–Crippen LogP) is 3.44. The van der Waals surface area contributed by atoms with Crippen LogP contribution in [0.5, 0.6) is 0 Å². The number of aliphatic hydroxyl groups excluding tert-OH is 2. The first-order chi connectivity index (χ1) is 25.2. The molecule has 53 heavy (non-hydrogen) atoms. The van der Waals surface area contributed by atoms with Crippen molar-refractivity contribution in [3.63, 3.8) is 0 Å². The van der Waals surface area contributed by atoms with Crippen LogP contribution >= 0.6 is 0 Å². The number of aliphatic hydroxyl groups is 2. The molecule has 2 fully saturated rings. The van der Waals surface area contributed by atoms with Gasteiger partial charge in [0.25, 0.3) is 10.0 Å². The maximum atomic E-state index is 13.6. The summed E-state index contributed by atoms with van der Waals surface area (Å²) in [6.07, 6.45) is 1.93. The Morgan fingerprint density at radius 1 is 1.11 bits per heavy atom. The number of aromatic nitrogens is 3. The normalized spacial score (nSPS) is 24.1. The lowest BCUT2D eigenvalue weighted by atomic mass is 9.95. The number of nitriles is 1. The Kier molecular flexibility index (Phi) is 13.3. The summed E-state index contributed by atoms with van der Waals surface area (Å²) < 4.78 is 48.9. The topological polar surface area (TPSA) is 175 Å². The first kappa shape index (κ1) is 40.7. The molecule has 0 amide bonds. The van der Waals surface area contributed by atoms with Gasteiger partial charge in [0, 0.05) is 70.2 Å². The van der Waals surface area contributed by atoms with Gasteiger partial charge in [-0.25, -0.2) is 17.8 Å². The summed E-state index contributed by atoms with van der Waals surface area (Å²) in [7, 11) is -0.532. The zero-order chi connectivity index (χ0) is 38.4. The number of ether oxygens (including phenoxy) is 3. The molecule has 6 atom stereocenters. The quantitative estimate of drug-likeness (QED) is 0.182. The lowest BCUT2D eigenvalue weighted by molar-refractivity contribution is -0.245. The smallest absolute Gasteiger partial charge is 0.251 e. The van der Waals surface area contributed by atoms with E-state index in [1.54, 1.807) is 10.9 Å². The van der Waals surface area contributed by atoms with Gasteiger partial charge < -0.3 is 34.2 Å². The summed E-state index contributed by atoms with van der Waals surface area (Å²) in [5.74, 6) is 0. The molecule has 3 aromatic rings. The molecule has 2 unspecified atom stereocenters. The van der Waals surface area contributed by atoms with Crippen molar-refractivity contribution < 1.29 is 32.8 Å². The average Bonchev–Trinajstić information content (AvgIpc) is 3.57. The maximum Gasteiger partial charge on any atom is 0.251 e. The third-order valence-corrected chi connectivity index (χ3v) is 12.3. The number of piperazine rings is 1. The molecule has 0 aliphatic carbocycles. The number of fused-ring (bicyclic) bond motifs is 1. The minimum Gasteiger partial charge on any atom is -0.390 e. The minimum absolute atomic E-state index is 0.182. The molecule has 5 rings (SSSR count). The first-order valence-electron chi connectivity index (χ1n) is 18.4. The van der Waals surface area contributed by atoms with Gasteiger partial charge in [-0.05, 0) is 80.8 Å². The van der Waals surface area contributed by atoms with Gasteiger partial charge in [-0.3, -0.25) is 0 Å². The predicted molar refractivity (Wildman–Crippen MR) is 203 cm³/mol. The highest BCUT2D eigenvalue weighted by Crippen LogP contribution is 2.28. The van der Waals surface area contributed by atoms with E-state index >= 15 is 0 Å². The van der Waals surface area contributed by atoms with Crippen molar-refractivity contribution in [3.05, 3.63) is 58.8 Å². The van der Waals surface area contributed by atoms with Crippen molar-refractivity contribution in [2.24, 2.45) is 0 Å². The van der Waals surface area contributed by atoms with Crippen LogP contribution in [0.3, 0.4) is 0 Å². The molecule has 290 valence electrons. The van der Waals surface area contributed by atoms with Gasteiger partial charge >= 0.3 is 0 Å². The van der Waals surface area contributed by atoms with E-state index in [9.17, 15) is 23.9 Å². The number of anilines is 1. The molecule has 15 heteroatoms. The van der Waals surface area contributed by atoms with Gasteiger partial charge in [0.15, 0.2) is 11.2 Å². The first-order valence-corrected chi connectivity index (χ1v) is 19.9. The standard InChI is InChI=1S/C38H55N7O7S/c1-7-37(3,13-18-51-38(4,8-2)23-30-25-45(42-40-30)26-34-36(47)33(46)22-35(50-6)52-34)41-53(48,49)32(24-39)20-27-9-10-29-21-31(12-11-28(29)19-27)44-16-14-43(5)15-17-44/h9-12,19-21,25,33-36,41,46-47H,7-8,13-18,22-23,26H2,1-6H3/b32-20+/t33-,34-,35+,36+,37?,38?/m1/s1. The molecule has 3 N–H and O–H groups in total. The second-order valence-corrected chi connectivity index (χ2v) is 16.5. The van der Waals surface area contributed by atoms with Crippen molar-refractivity contribution in [2.45, 2.75) is 102 Å². The maximum absolute atomic E-state index is 13.6. The van der Waals surface area contributed by atoms with Crippen LogP contribution in [-0.4, -0.2) is 121 Å². The van der Waals surface area contributed by atoms with Gasteiger partial charge in [0.1, 0.15) is 18.3 Å². The number of rotatable bonds is 16. The average molecular weight is 754 g/mol. The lowest BCUT2D eigenvalue weighted by Crippen LogP contribution is -2.50. The van der Waals surface area contributed by atoms with E-state index in [0.29, 0.717) is 36.9 Å². The molecular formula is C38H55N7O7S. The van der Waals surface area contributed by atoms with Crippen LogP contribution in [0.1, 0.15) is 64.6 Å². The summed E-state index contributed by atoms with van der Waals surface area (Å²) in [5, 5.41) is 41.1. The summed E-state index contributed by atoms with van der Waals surface area (Å²) in [6, 6.07) is 13.9. The number of nitrogens with one attached hydrogen (secondary N) is 1. The summed E-state index contributed by atoms with van der Waals surface area (Å²) in [4.78, 5) is 4.34. The van der Waals surface area contributed by atoms with Crippen LogP contribution in [0.4, 0.5) is 5.69 Å². The van der Waals surface area contributed by atoms with E-state index < -0.39 is 45.8 Å². The molecule has 3 heterocycles. The fourth-order valence-corrected chi connectivity index (χ4v) is 8.12. The minimum atomic E-state index is -4.15. The van der Waals surface area contributed by atoms with E-state index in [-0.39, 0.29) is 24.5 Å². The highest BCUT2D eigenvalue weighted by molar-refractivity contribution is 7.93. The number of allylic oxidation sites excluding steroid dienone is 1. The Morgan fingerprint density at radius 3 is 2.51 bits per heavy atom. The van der Waals surface area contributed by atoms with Crippen LogP contribution in [0, 0.1) is 11.3 Å². The molecule has 2 saturated heterocycles. The van der Waals surface area contributed by atoms with Gasteiger partial charge in [-0.2, -0.15) is 5.26 Å². The zero-order valence-corrected chi connectivity index (χ0v) is 32.6. The van der Waals surface area contributed by atoms with Crippen LogP contribution in [-0.2, 0) is 37.2 Å². The summed E-state index contributed by atoms with van der Waals surface area (Å²) in [5.41, 5.74) is 0.976. The van der Waals surface area contributed by atoms with Gasteiger partial charge in [0.2, 0.25) is 0 Å². The molecule has 1 aromatic heterocycles. The Hall–Kier alpha value is -3.46. The molecule has 0 bridgehead atoms. The third kappa shape index (κ3) is 10.4. The fraction of sp³-hybridized carbons (Fsp3) is 0.605. The van der Waals surface area contributed by atoms with Crippen LogP contribution in [0.15, 0.2) is 47.5 Å². The largest absolute Gasteiger partial charge is 0.390 e. The summed E-state index contributed by atoms with van der Waals surface area (Å²) in [6.45, 7) is 12.1. The van der Waals surface area contributed by atoms with E-state index in [2.05, 4.69) is 44.0 Å². The number of methoxy groups -OCH3 is 1. The van der Waals surface area contributed by atoms with Crippen molar-refractivity contribution in [2.75, 3.05) is 51.8 Å². The van der Waals surface area contributed by atoms with Crippen molar-refractivity contribution >= 4 is 32.6 Å². The van der Waals surface area contributed by atoms with Crippen molar-refractivity contribution in [1.29, 1.82) is 5.26 Å². The zero-order valence-electron chi connectivity index (χ0n) is 31.7. The van der Waals surface area contributed by atoms with E-state index in [1.165, 1.54) is 18.9 Å². The van der Waals surface area contributed by atoms with E-state index in [4.69, 9.17) is 14.2 Å². The molecule has 0 radical (unpaired) electrons.